The van der Waals surface area contributed by atoms with Gasteiger partial charge in [-0.15, -0.1) is 0 Å². The smallest absolute Gasteiger partial charge is 0.358 e. The Bertz CT molecular complexity index is 592. The van der Waals surface area contributed by atoms with Gasteiger partial charge in [0.2, 0.25) is 5.89 Å². The maximum atomic E-state index is 10.9. The molecule has 17 heavy (non-hydrogen) atoms. The van der Waals surface area contributed by atoms with E-state index < -0.39 is 5.97 Å². The largest absolute Gasteiger partial charge is 0.476 e. The Balaban J connectivity index is 2.53. The Morgan fingerprint density at radius 2 is 2.12 bits per heavy atom. The van der Waals surface area contributed by atoms with E-state index in [1.54, 1.807) is 13.0 Å². The van der Waals surface area contributed by atoms with E-state index in [1.165, 1.54) is 0 Å². The van der Waals surface area contributed by atoms with E-state index in [0.717, 1.165) is 8.95 Å². The molecule has 0 saturated carbocycles. The number of rotatable bonds is 2. The minimum atomic E-state index is -1.09. The molecule has 0 unspecified atom stereocenters. The fourth-order valence-electron chi connectivity index (χ4n) is 1.37. The first-order chi connectivity index (χ1) is 7.99. The second kappa shape index (κ2) is 4.62. The number of aromatic carboxylic acids is 1. The van der Waals surface area contributed by atoms with Gasteiger partial charge in [-0.25, -0.2) is 9.78 Å². The molecule has 0 aliphatic rings. The van der Waals surface area contributed by atoms with Crippen LogP contribution in [0, 0.1) is 6.92 Å². The zero-order valence-corrected chi connectivity index (χ0v) is 11.9. The van der Waals surface area contributed by atoms with Crippen LogP contribution < -0.4 is 0 Å². The van der Waals surface area contributed by atoms with Crippen LogP contribution in [0.2, 0.25) is 0 Å². The summed E-state index contributed by atoms with van der Waals surface area (Å²) < 4.78 is 7.04. The number of hydrogen-bond donors (Lipinski definition) is 1. The number of oxazole rings is 1. The van der Waals surface area contributed by atoms with Crippen LogP contribution in [-0.4, -0.2) is 16.1 Å². The third kappa shape index (κ3) is 2.42. The average molecular weight is 361 g/mol. The van der Waals surface area contributed by atoms with Crippen molar-refractivity contribution in [3.8, 4) is 11.5 Å². The van der Waals surface area contributed by atoms with E-state index in [4.69, 9.17) is 9.52 Å². The number of carboxylic acids is 1. The van der Waals surface area contributed by atoms with Crippen molar-refractivity contribution in [1.82, 2.24) is 4.98 Å². The summed E-state index contributed by atoms with van der Waals surface area (Å²) in [7, 11) is 0. The lowest BCUT2D eigenvalue weighted by atomic mass is 10.2. The number of benzene rings is 1. The first kappa shape index (κ1) is 12.3. The van der Waals surface area contributed by atoms with Gasteiger partial charge in [-0.05, 0) is 41.1 Å². The third-order valence-electron chi connectivity index (χ3n) is 2.16. The molecule has 1 N–H and O–H groups in total. The predicted octanol–water partition coefficient (Wildman–Crippen LogP) is 3.87. The van der Waals surface area contributed by atoms with E-state index in [-0.39, 0.29) is 5.69 Å². The first-order valence-corrected chi connectivity index (χ1v) is 6.24. The van der Waals surface area contributed by atoms with Crippen LogP contribution >= 0.6 is 31.9 Å². The zero-order valence-electron chi connectivity index (χ0n) is 8.70. The van der Waals surface area contributed by atoms with E-state index in [2.05, 4.69) is 36.8 Å². The quantitative estimate of drug-likeness (QED) is 0.882. The number of aryl methyl sites for hydroxylation is 1. The molecular formula is C11H7Br2NO3. The van der Waals surface area contributed by atoms with Crippen molar-refractivity contribution in [3.05, 3.63) is 38.6 Å². The fraction of sp³-hybridized carbons (Fsp3) is 0.0909. The molecule has 6 heteroatoms. The molecule has 88 valence electrons. The molecule has 0 amide bonds. The molecule has 0 saturated heterocycles. The molecule has 2 aromatic rings. The Morgan fingerprint density at radius 3 is 2.65 bits per heavy atom. The van der Waals surface area contributed by atoms with Crippen molar-refractivity contribution in [3.63, 3.8) is 0 Å². The van der Waals surface area contributed by atoms with Crippen LogP contribution in [0.1, 0.15) is 16.2 Å². The zero-order chi connectivity index (χ0) is 12.6. The second-order valence-electron chi connectivity index (χ2n) is 3.35. The molecule has 0 spiro atoms. The van der Waals surface area contributed by atoms with Crippen molar-refractivity contribution in [2.24, 2.45) is 0 Å². The number of hydrogen-bond acceptors (Lipinski definition) is 3. The molecule has 0 fully saturated rings. The summed E-state index contributed by atoms with van der Waals surface area (Å²) in [5.41, 5.74) is 0.651. The Labute approximate surface area is 114 Å². The first-order valence-electron chi connectivity index (χ1n) is 4.65. The van der Waals surface area contributed by atoms with Gasteiger partial charge in [0.1, 0.15) is 5.76 Å². The molecule has 1 aromatic heterocycles. The van der Waals surface area contributed by atoms with Gasteiger partial charge in [0, 0.05) is 8.95 Å². The molecule has 0 aliphatic carbocycles. The Morgan fingerprint density at radius 1 is 1.41 bits per heavy atom. The van der Waals surface area contributed by atoms with E-state index >= 15 is 0 Å². The molecule has 0 radical (unpaired) electrons. The molecule has 4 nitrogen and oxygen atoms in total. The van der Waals surface area contributed by atoms with Crippen LogP contribution in [0.5, 0.6) is 0 Å². The maximum Gasteiger partial charge on any atom is 0.358 e. The summed E-state index contributed by atoms with van der Waals surface area (Å²) in [6.45, 7) is 1.58. The van der Waals surface area contributed by atoms with Crippen LogP contribution in [-0.2, 0) is 0 Å². The average Bonchev–Trinajstić information content (AvgIpc) is 2.60. The van der Waals surface area contributed by atoms with E-state index in [9.17, 15) is 4.79 Å². The molecular weight excluding hydrogens is 354 g/mol. The lowest BCUT2D eigenvalue weighted by Crippen LogP contribution is -1.98. The van der Waals surface area contributed by atoms with Gasteiger partial charge in [0.25, 0.3) is 0 Å². The number of carbonyl (C=O) groups is 1. The normalized spacial score (nSPS) is 10.5. The fourth-order valence-corrected chi connectivity index (χ4v) is 2.59. The maximum absolute atomic E-state index is 10.9. The van der Waals surface area contributed by atoms with E-state index in [0.29, 0.717) is 17.2 Å². The molecule has 2 rings (SSSR count). The molecule has 1 aromatic carbocycles. The van der Waals surface area contributed by atoms with Crippen molar-refractivity contribution in [2.75, 3.05) is 0 Å². The predicted molar refractivity (Wildman–Crippen MR) is 69.0 cm³/mol. The van der Waals surface area contributed by atoms with Gasteiger partial charge in [0.15, 0.2) is 5.69 Å². The van der Waals surface area contributed by atoms with Crippen molar-refractivity contribution >= 4 is 37.8 Å². The minimum absolute atomic E-state index is 0.0604. The lowest BCUT2D eigenvalue weighted by Gasteiger charge is -1.99. The summed E-state index contributed by atoms with van der Waals surface area (Å²) in [6, 6.07) is 5.47. The molecule has 0 bridgehead atoms. The van der Waals surface area contributed by atoms with Gasteiger partial charge in [0.05, 0.1) is 5.56 Å². The van der Waals surface area contributed by atoms with Crippen LogP contribution in [0.15, 0.2) is 31.6 Å². The molecule has 1 heterocycles. The number of halogens is 2. The lowest BCUT2D eigenvalue weighted by molar-refractivity contribution is 0.0689. The van der Waals surface area contributed by atoms with Gasteiger partial charge in [-0.1, -0.05) is 15.9 Å². The second-order valence-corrected chi connectivity index (χ2v) is 5.12. The van der Waals surface area contributed by atoms with Crippen LogP contribution in [0.3, 0.4) is 0 Å². The topological polar surface area (TPSA) is 63.3 Å². The summed E-state index contributed by atoms with van der Waals surface area (Å²) in [6.07, 6.45) is 0. The van der Waals surface area contributed by atoms with Crippen molar-refractivity contribution < 1.29 is 14.3 Å². The summed E-state index contributed by atoms with van der Waals surface area (Å²) >= 11 is 6.71. The third-order valence-corrected chi connectivity index (χ3v) is 3.31. The van der Waals surface area contributed by atoms with Crippen molar-refractivity contribution in [2.45, 2.75) is 6.92 Å². The summed E-state index contributed by atoms with van der Waals surface area (Å²) in [4.78, 5) is 14.8. The van der Waals surface area contributed by atoms with Gasteiger partial charge < -0.3 is 9.52 Å². The highest BCUT2D eigenvalue weighted by Gasteiger charge is 2.18. The minimum Gasteiger partial charge on any atom is -0.476 e. The number of carboxylic acid groups (broad SMARTS) is 1. The summed E-state index contributed by atoms with van der Waals surface area (Å²) in [5, 5.41) is 8.90. The van der Waals surface area contributed by atoms with Gasteiger partial charge in [-0.2, -0.15) is 0 Å². The standard InChI is InChI=1S/C11H7Br2NO3/c1-5-9(11(15)16)14-10(17-5)7-3-2-6(12)4-8(7)13/h2-4H,1H3,(H,15,16). The monoisotopic (exact) mass is 359 g/mol. The Hall–Kier alpha value is -1.14. The van der Waals surface area contributed by atoms with Crippen LogP contribution in [0.4, 0.5) is 0 Å². The molecule has 0 atom stereocenters. The van der Waals surface area contributed by atoms with Gasteiger partial charge >= 0.3 is 5.97 Å². The van der Waals surface area contributed by atoms with Gasteiger partial charge in [-0.3, -0.25) is 0 Å². The highest BCUT2D eigenvalue weighted by atomic mass is 79.9. The summed E-state index contributed by atoms with van der Waals surface area (Å²) in [5.74, 6) is -0.507. The Kier molecular flexibility index (Phi) is 3.35. The molecule has 0 aliphatic heterocycles. The number of aromatic nitrogens is 1. The van der Waals surface area contributed by atoms with Crippen molar-refractivity contribution in [1.29, 1.82) is 0 Å². The highest BCUT2D eigenvalue weighted by Crippen LogP contribution is 2.31. The van der Waals surface area contributed by atoms with E-state index in [1.807, 2.05) is 12.1 Å². The number of nitrogens with zero attached hydrogens (tertiary/aromatic N) is 1. The SMILES string of the molecule is Cc1oc(-c2ccc(Br)cc2Br)nc1C(=O)O. The highest BCUT2D eigenvalue weighted by molar-refractivity contribution is 9.11. The van der Waals surface area contributed by atoms with Crippen LogP contribution in [0.25, 0.3) is 11.5 Å².